The van der Waals surface area contributed by atoms with E-state index in [1.54, 1.807) is 23.1 Å². The van der Waals surface area contributed by atoms with Gasteiger partial charge in [-0.2, -0.15) is 4.98 Å². The van der Waals surface area contributed by atoms with Crippen molar-refractivity contribution in [2.75, 3.05) is 13.2 Å². The van der Waals surface area contributed by atoms with Gasteiger partial charge in [0, 0.05) is 17.7 Å². The third-order valence-corrected chi connectivity index (χ3v) is 5.10. The van der Waals surface area contributed by atoms with Crippen LogP contribution in [0, 0.1) is 0 Å². The summed E-state index contributed by atoms with van der Waals surface area (Å²) in [6.07, 6.45) is 1.67. The monoisotopic (exact) mass is 397 g/mol. The largest absolute Gasteiger partial charge is 0.494 e. The van der Waals surface area contributed by atoms with Crippen LogP contribution in [-0.4, -0.2) is 34.1 Å². The SMILES string of the molecule is CCOc1ccc(C(=O)N2CCC[C@@H]2c2nc(-c3ccccc3Cl)no2)cc1. The number of hydrogen-bond donors (Lipinski definition) is 0. The number of hydrogen-bond acceptors (Lipinski definition) is 5. The molecule has 1 amide bonds. The summed E-state index contributed by atoms with van der Waals surface area (Å²) in [5.74, 6) is 1.56. The summed E-state index contributed by atoms with van der Waals surface area (Å²) in [4.78, 5) is 19.3. The van der Waals surface area contributed by atoms with Crippen LogP contribution in [0.15, 0.2) is 53.1 Å². The number of carbonyl (C=O) groups is 1. The van der Waals surface area contributed by atoms with Crippen molar-refractivity contribution in [1.82, 2.24) is 15.0 Å². The maximum absolute atomic E-state index is 13.0. The van der Waals surface area contributed by atoms with Crippen molar-refractivity contribution < 1.29 is 14.1 Å². The van der Waals surface area contributed by atoms with E-state index in [0.717, 1.165) is 18.6 Å². The molecule has 3 aromatic rings. The molecule has 0 spiro atoms. The summed E-state index contributed by atoms with van der Waals surface area (Å²) in [6, 6.07) is 14.3. The van der Waals surface area contributed by atoms with Gasteiger partial charge in [-0.25, -0.2) is 0 Å². The normalized spacial score (nSPS) is 16.4. The van der Waals surface area contributed by atoms with Gasteiger partial charge in [0.05, 0.1) is 11.6 Å². The van der Waals surface area contributed by atoms with Gasteiger partial charge >= 0.3 is 0 Å². The lowest BCUT2D eigenvalue weighted by molar-refractivity contribution is 0.0710. The molecule has 0 N–H and O–H groups in total. The number of rotatable bonds is 5. The molecule has 0 bridgehead atoms. The highest BCUT2D eigenvalue weighted by atomic mass is 35.5. The van der Waals surface area contributed by atoms with Crippen LogP contribution in [0.5, 0.6) is 5.75 Å². The average Bonchev–Trinajstić information content (AvgIpc) is 3.38. The molecule has 1 fully saturated rings. The van der Waals surface area contributed by atoms with Crippen molar-refractivity contribution in [2.24, 2.45) is 0 Å². The maximum Gasteiger partial charge on any atom is 0.254 e. The highest BCUT2D eigenvalue weighted by Gasteiger charge is 2.34. The van der Waals surface area contributed by atoms with E-state index in [0.29, 0.717) is 41.0 Å². The van der Waals surface area contributed by atoms with Gasteiger partial charge in [-0.1, -0.05) is 28.9 Å². The molecule has 1 atom stereocenters. The van der Waals surface area contributed by atoms with E-state index in [9.17, 15) is 4.79 Å². The van der Waals surface area contributed by atoms with Crippen LogP contribution >= 0.6 is 11.6 Å². The Morgan fingerprint density at radius 1 is 1.25 bits per heavy atom. The third-order valence-electron chi connectivity index (χ3n) is 4.77. The quantitative estimate of drug-likeness (QED) is 0.620. The fourth-order valence-electron chi connectivity index (χ4n) is 3.42. The number of carbonyl (C=O) groups excluding carboxylic acids is 1. The fourth-order valence-corrected chi connectivity index (χ4v) is 3.64. The van der Waals surface area contributed by atoms with Gasteiger partial charge in [0.25, 0.3) is 5.91 Å². The molecule has 2 aromatic carbocycles. The Morgan fingerprint density at radius 3 is 2.79 bits per heavy atom. The summed E-state index contributed by atoms with van der Waals surface area (Å²) < 4.78 is 10.9. The van der Waals surface area contributed by atoms with Gasteiger partial charge in [-0.05, 0) is 56.2 Å². The number of amides is 1. The second-order valence-electron chi connectivity index (χ2n) is 6.55. The molecular weight excluding hydrogens is 378 g/mol. The highest BCUT2D eigenvalue weighted by molar-refractivity contribution is 6.33. The summed E-state index contributed by atoms with van der Waals surface area (Å²) >= 11 is 6.23. The Labute approximate surface area is 168 Å². The summed E-state index contributed by atoms with van der Waals surface area (Å²) in [5, 5.41) is 4.62. The van der Waals surface area contributed by atoms with Crippen molar-refractivity contribution in [2.45, 2.75) is 25.8 Å². The van der Waals surface area contributed by atoms with Crippen LogP contribution in [0.25, 0.3) is 11.4 Å². The molecule has 0 unspecified atom stereocenters. The number of benzene rings is 2. The van der Waals surface area contributed by atoms with E-state index in [4.69, 9.17) is 20.9 Å². The molecule has 7 heteroatoms. The predicted octanol–water partition coefficient (Wildman–Crippen LogP) is 4.77. The molecule has 6 nitrogen and oxygen atoms in total. The summed E-state index contributed by atoms with van der Waals surface area (Å²) in [5.41, 5.74) is 1.32. The van der Waals surface area contributed by atoms with E-state index >= 15 is 0 Å². The van der Waals surface area contributed by atoms with Gasteiger partial charge in [-0.15, -0.1) is 0 Å². The van der Waals surface area contributed by atoms with E-state index < -0.39 is 0 Å². The van der Waals surface area contributed by atoms with Crippen molar-refractivity contribution in [3.63, 3.8) is 0 Å². The minimum absolute atomic E-state index is 0.0527. The highest BCUT2D eigenvalue weighted by Crippen LogP contribution is 2.34. The first-order chi connectivity index (χ1) is 13.7. The minimum atomic E-state index is -0.234. The van der Waals surface area contributed by atoms with Crippen molar-refractivity contribution >= 4 is 17.5 Å². The first kappa shape index (κ1) is 18.5. The van der Waals surface area contributed by atoms with Crippen LogP contribution in [-0.2, 0) is 0 Å². The van der Waals surface area contributed by atoms with E-state index in [2.05, 4.69) is 10.1 Å². The maximum atomic E-state index is 13.0. The predicted molar refractivity (Wildman–Crippen MR) is 105 cm³/mol. The van der Waals surface area contributed by atoms with Crippen molar-refractivity contribution in [1.29, 1.82) is 0 Å². The van der Waals surface area contributed by atoms with E-state index in [-0.39, 0.29) is 11.9 Å². The average molecular weight is 398 g/mol. The third kappa shape index (κ3) is 3.60. The molecular formula is C21H20ClN3O3. The smallest absolute Gasteiger partial charge is 0.254 e. The lowest BCUT2D eigenvalue weighted by atomic mass is 10.1. The Balaban J connectivity index is 1.55. The molecule has 1 saturated heterocycles. The van der Waals surface area contributed by atoms with Crippen LogP contribution in [0.2, 0.25) is 5.02 Å². The molecule has 0 aliphatic carbocycles. The minimum Gasteiger partial charge on any atom is -0.494 e. The van der Waals surface area contributed by atoms with Crippen LogP contribution < -0.4 is 4.74 Å². The zero-order valence-electron chi connectivity index (χ0n) is 15.5. The van der Waals surface area contributed by atoms with Crippen LogP contribution in [0.3, 0.4) is 0 Å². The molecule has 1 aliphatic heterocycles. The summed E-state index contributed by atoms with van der Waals surface area (Å²) in [6.45, 7) is 3.17. The Morgan fingerprint density at radius 2 is 2.04 bits per heavy atom. The zero-order chi connectivity index (χ0) is 19.5. The molecule has 4 rings (SSSR count). The molecule has 0 saturated carbocycles. The number of halogens is 1. The number of ether oxygens (including phenoxy) is 1. The van der Waals surface area contributed by atoms with Gasteiger partial charge < -0.3 is 14.2 Å². The molecule has 2 heterocycles. The molecule has 0 radical (unpaired) electrons. The molecule has 28 heavy (non-hydrogen) atoms. The standard InChI is InChI=1S/C21H20ClN3O3/c1-2-27-15-11-9-14(10-12-15)21(26)25-13-5-8-18(25)20-23-19(24-28-20)16-6-3-4-7-17(16)22/h3-4,6-7,9-12,18H,2,5,8,13H2,1H3/t18-/m1/s1. The molecule has 1 aromatic heterocycles. The van der Waals surface area contributed by atoms with Crippen molar-refractivity contribution in [3.8, 4) is 17.1 Å². The number of nitrogens with zero attached hydrogens (tertiary/aromatic N) is 3. The second-order valence-corrected chi connectivity index (χ2v) is 6.96. The van der Waals surface area contributed by atoms with Gasteiger partial charge in [0.1, 0.15) is 11.8 Å². The molecule has 1 aliphatic rings. The first-order valence-corrected chi connectivity index (χ1v) is 9.67. The first-order valence-electron chi connectivity index (χ1n) is 9.29. The van der Waals surface area contributed by atoms with Crippen molar-refractivity contribution in [3.05, 3.63) is 65.0 Å². The second kappa shape index (κ2) is 8.02. The van der Waals surface area contributed by atoms with E-state index in [1.807, 2.05) is 37.3 Å². The topological polar surface area (TPSA) is 68.5 Å². The lowest BCUT2D eigenvalue weighted by Gasteiger charge is -2.22. The van der Waals surface area contributed by atoms with Gasteiger partial charge in [0.15, 0.2) is 0 Å². The molecule has 144 valence electrons. The fraction of sp³-hybridized carbons (Fsp3) is 0.286. The number of aromatic nitrogens is 2. The van der Waals surface area contributed by atoms with Gasteiger partial charge in [-0.3, -0.25) is 4.79 Å². The summed E-state index contributed by atoms with van der Waals surface area (Å²) in [7, 11) is 0. The Kier molecular flexibility index (Phi) is 5.30. The zero-order valence-corrected chi connectivity index (χ0v) is 16.2. The lowest BCUT2D eigenvalue weighted by Crippen LogP contribution is -2.30. The Bertz CT molecular complexity index is 971. The van der Waals surface area contributed by atoms with Crippen LogP contribution in [0.4, 0.5) is 0 Å². The van der Waals surface area contributed by atoms with E-state index in [1.165, 1.54) is 0 Å². The number of likely N-dealkylation sites (tertiary alicyclic amines) is 1. The Hall–Kier alpha value is -2.86. The van der Waals surface area contributed by atoms with Gasteiger partial charge in [0.2, 0.25) is 11.7 Å². The van der Waals surface area contributed by atoms with Crippen LogP contribution in [0.1, 0.15) is 42.1 Å².